The highest BCUT2D eigenvalue weighted by Crippen LogP contribution is 2.33. The van der Waals surface area contributed by atoms with Gasteiger partial charge in [0.25, 0.3) is 5.91 Å². The third-order valence-corrected chi connectivity index (χ3v) is 5.30. The van der Waals surface area contributed by atoms with Gasteiger partial charge in [-0.05, 0) is 32.3 Å². The van der Waals surface area contributed by atoms with Crippen LogP contribution in [0.5, 0.6) is 0 Å². The van der Waals surface area contributed by atoms with E-state index in [-0.39, 0.29) is 17.7 Å². The summed E-state index contributed by atoms with van der Waals surface area (Å²) in [5.74, 6) is -0.728. The van der Waals surface area contributed by atoms with Crippen molar-refractivity contribution in [2.24, 2.45) is 11.7 Å². The van der Waals surface area contributed by atoms with Crippen LogP contribution in [0.25, 0.3) is 0 Å². The first-order chi connectivity index (χ1) is 10.3. The molecule has 2 rings (SSSR count). The molecule has 0 spiro atoms. The molecule has 0 saturated carbocycles. The number of aryl methyl sites for hydroxylation is 1. The quantitative estimate of drug-likeness (QED) is 0.886. The molecule has 0 bridgehead atoms. The molecule has 0 atom stereocenters. The Labute approximate surface area is 133 Å². The van der Waals surface area contributed by atoms with E-state index in [1.807, 2.05) is 13.8 Å². The highest BCUT2D eigenvalue weighted by molar-refractivity contribution is 7.16. The monoisotopic (exact) mass is 323 g/mol. The molecule has 0 aromatic carbocycles. The molecule has 1 saturated heterocycles. The second-order valence-corrected chi connectivity index (χ2v) is 6.85. The molecule has 0 unspecified atom stereocenters. The number of likely N-dealkylation sites (tertiary alicyclic amines) is 1. The van der Waals surface area contributed by atoms with Crippen molar-refractivity contribution in [1.82, 2.24) is 4.90 Å². The molecule has 3 amide bonds. The van der Waals surface area contributed by atoms with E-state index < -0.39 is 5.91 Å². The zero-order chi connectivity index (χ0) is 16.4. The van der Waals surface area contributed by atoms with Crippen LogP contribution < -0.4 is 11.1 Å². The van der Waals surface area contributed by atoms with Crippen LogP contribution in [0.15, 0.2) is 0 Å². The highest BCUT2D eigenvalue weighted by Gasteiger charge is 2.27. The molecule has 1 aromatic rings. The first-order valence-electron chi connectivity index (χ1n) is 7.27. The van der Waals surface area contributed by atoms with E-state index in [2.05, 4.69) is 5.32 Å². The van der Waals surface area contributed by atoms with Crippen LogP contribution >= 0.6 is 11.3 Å². The van der Waals surface area contributed by atoms with Crippen molar-refractivity contribution >= 4 is 34.1 Å². The molecule has 3 N–H and O–H groups in total. The summed E-state index contributed by atoms with van der Waals surface area (Å²) in [6, 6.07) is 0. The number of nitrogens with two attached hydrogens (primary N) is 1. The molecule has 1 aliphatic rings. The largest absolute Gasteiger partial charge is 0.365 e. The number of primary amides is 1. The molecule has 0 radical (unpaired) electrons. The fourth-order valence-corrected chi connectivity index (χ4v) is 3.75. The fraction of sp³-hybridized carbons (Fsp3) is 0.533. The maximum atomic E-state index is 12.4. The standard InChI is InChI=1S/C15H21N3O3S/c1-8-9(2)22-15(12(8)13(16)20)17-14(21)11-4-6-18(7-5-11)10(3)19/h11H,4-7H2,1-3H3,(H2,16,20)(H,17,21). The van der Waals surface area contributed by atoms with Crippen molar-refractivity contribution in [2.75, 3.05) is 18.4 Å². The normalized spacial score (nSPS) is 15.7. The van der Waals surface area contributed by atoms with E-state index in [9.17, 15) is 14.4 Å². The van der Waals surface area contributed by atoms with E-state index >= 15 is 0 Å². The number of rotatable bonds is 3. The Morgan fingerprint density at radius 3 is 2.32 bits per heavy atom. The summed E-state index contributed by atoms with van der Waals surface area (Å²) in [5.41, 5.74) is 6.63. The number of nitrogens with one attached hydrogen (secondary N) is 1. The van der Waals surface area contributed by atoms with Gasteiger partial charge in [-0.1, -0.05) is 0 Å². The van der Waals surface area contributed by atoms with Gasteiger partial charge < -0.3 is 16.0 Å². The number of carbonyl (C=O) groups is 3. The Bertz CT molecular complexity index is 616. The zero-order valence-electron chi connectivity index (χ0n) is 13.1. The smallest absolute Gasteiger partial charge is 0.251 e. The van der Waals surface area contributed by atoms with Crippen LogP contribution in [0.3, 0.4) is 0 Å². The van der Waals surface area contributed by atoms with E-state index in [1.165, 1.54) is 18.3 Å². The van der Waals surface area contributed by atoms with E-state index in [0.29, 0.717) is 36.5 Å². The Hall–Kier alpha value is -1.89. The maximum Gasteiger partial charge on any atom is 0.251 e. The highest BCUT2D eigenvalue weighted by atomic mass is 32.1. The molecule has 1 aliphatic heterocycles. The van der Waals surface area contributed by atoms with Gasteiger partial charge >= 0.3 is 0 Å². The molecule has 0 aliphatic carbocycles. The number of piperidine rings is 1. The van der Waals surface area contributed by atoms with E-state index in [4.69, 9.17) is 5.73 Å². The molecular formula is C15H21N3O3S. The number of nitrogens with zero attached hydrogens (tertiary/aromatic N) is 1. The van der Waals surface area contributed by atoms with Gasteiger partial charge in [0.2, 0.25) is 11.8 Å². The average molecular weight is 323 g/mol. The molecule has 1 aromatic heterocycles. The predicted octanol–water partition coefficient (Wildman–Crippen LogP) is 1.66. The number of hydrogen-bond donors (Lipinski definition) is 2. The molecule has 22 heavy (non-hydrogen) atoms. The SMILES string of the molecule is CC(=O)N1CCC(C(=O)Nc2sc(C)c(C)c2C(N)=O)CC1. The minimum Gasteiger partial charge on any atom is -0.365 e. The first-order valence-corrected chi connectivity index (χ1v) is 8.09. The zero-order valence-corrected chi connectivity index (χ0v) is 13.9. The number of amides is 3. The van der Waals surface area contributed by atoms with Crippen molar-refractivity contribution in [3.63, 3.8) is 0 Å². The number of hydrogen-bond acceptors (Lipinski definition) is 4. The van der Waals surface area contributed by atoms with Crippen LogP contribution in [0.1, 0.15) is 40.6 Å². The Morgan fingerprint density at radius 1 is 1.23 bits per heavy atom. The Kier molecular flexibility index (Phi) is 4.85. The lowest BCUT2D eigenvalue weighted by molar-refractivity contribution is -0.132. The minimum absolute atomic E-state index is 0.0411. The average Bonchev–Trinajstić information content (AvgIpc) is 2.73. The van der Waals surface area contributed by atoms with Gasteiger partial charge in [-0.2, -0.15) is 0 Å². The van der Waals surface area contributed by atoms with Gasteiger partial charge in [0.1, 0.15) is 5.00 Å². The van der Waals surface area contributed by atoms with Crippen LogP contribution in [-0.2, 0) is 9.59 Å². The Morgan fingerprint density at radius 2 is 1.82 bits per heavy atom. The molecule has 1 fully saturated rings. The van der Waals surface area contributed by atoms with Crippen molar-refractivity contribution in [3.05, 3.63) is 16.0 Å². The van der Waals surface area contributed by atoms with E-state index in [1.54, 1.807) is 4.90 Å². The van der Waals surface area contributed by atoms with Gasteiger partial charge in [0.05, 0.1) is 5.56 Å². The fourth-order valence-electron chi connectivity index (χ4n) is 2.68. The summed E-state index contributed by atoms with van der Waals surface area (Å²) in [5, 5.41) is 3.37. The van der Waals surface area contributed by atoms with Crippen LogP contribution in [-0.4, -0.2) is 35.7 Å². The van der Waals surface area contributed by atoms with Crippen molar-refractivity contribution in [3.8, 4) is 0 Å². The lowest BCUT2D eigenvalue weighted by Crippen LogP contribution is -2.40. The molecule has 120 valence electrons. The van der Waals surface area contributed by atoms with Crippen molar-refractivity contribution in [2.45, 2.75) is 33.6 Å². The van der Waals surface area contributed by atoms with Gasteiger partial charge in [-0.15, -0.1) is 11.3 Å². The maximum absolute atomic E-state index is 12.4. The predicted molar refractivity (Wildman–Crippen MR) is 85.9 cm³/mol. The summed E-state index contributed by atoms with van der Waals surface area (Å²) < 4.78 is 0. The molecule has 2 heterocycles. The third-order valence-electron chi connectivity index (χ3n) is 4.18. The van der Waals surface area contributed by atoms with Gasteiger partial charge in [0.15, 0.2) is 0 Å². The third kappa shape index (κ3) is 3.30. The molecular weight excluding hydrogens is 302 g/mol. The lowest BCUT2D eigenvalue weighted by Gasteiger charge is -2.30. The first kappa shape index (κ1) is 16.5. The summed E-state index contributed by atoms with van der Waals surface area (Å²) in [6.45, 7) is 6.45. The van der Waals surface area contributed by atoms with Crippen molar-refractivity contribution < 1.29 is 14.4 Å². The van der Waals surface area contributed by atoms with Crippen LogP contribution in [0.2, 0.25) is 0 Å². The second kappa shape index (κ2) is 6.48. The molecule has 7 heteroatoms. The second-order valence-electron chi connectivity index (χ2n) is 5.62. The van der Waals surface area contributed by atoms with Crippen LogP contribution in [0, 0.1) is 19.8 Å². The minimum atomic E-state index is -0.524. The van der Waals surface area contributed by atoms with Crippen molar-refractivity contribution in [1.29, 1.82) is 0 Å². The van der Waals surface area contributed by atoms with Crippen LogP contribution in [0.4, 0.5) is 5.00 Å². The summed E-state index contributed by atoms with van der Waals surface area (Å²) in [6.07, 6.45) is 1.28. The number of anilines is 1. The summed E-state index contributed by atoms with van der Waals surface area (Å²) in [7, 11) is 0. The van der Waals surface area contributed by atoms with Gasteiger partial charge in [0, 0.05) is 30.8 Å². The lowest BCUT2D eigenvalue weighted by atomic mass is 9.96. The topological polar surface area (TPSA) is 92.5 Å². The number of carbonyl (C=O) groups excluding carboxylic acids is 3. The van der Waals surface area contributed by atoms with Gasteiger partial charge in [-0.25, -0.2) is 0 Å². The Balaban J connectivity index is 2.06. The van der Waals surface area contributed by atoms with Gasteiger partial charge in [-0.3, -0.25) is 14.4 Å². The summed E-state index contributed by atoms with van der Waals surface area (Å²) >= 11 is 1.37. The number of thiophene rings is 1. The molecule has 6 nitrogen and oxygen atoms in total. The van der Waals surface area contributed by atoms with E-state index in [0.717, 1.165) is 10.4 Å². The summed E-state index contributed by atoms with van der Waals surface area (Å²) in [4.78, 5) is 38.0.